The first-order chi connectivity index (χ1) is 10.3. The van der Waals surface area contributed by atoms with Gasteiger partial charge in [0.05, 0.1) is 22.5 Å². The topological polar surface area (TPSA) is 66.9 Å². The van der Waals surface area contributed by atoms with Crippen molar-refractivity contribution in [1.29, 1.82) is 0 Å². The van der Waals surface area contributed by atoms with Gasteiger partial charge in [-0.2, -0.15) is 13.2 Å². The van der Waals surface area contributed by atoms with E-state index in [1.54, 1.807) is 0 Å². The second kappa shape index (κ2) is 6.18. The molecule has 2 rings (SSSR count). The molecule has 0 atom stereocenters. The van der Waals surface area contributed by atoms with Crippen LogP contribution in [0.2, 0.25) is 5.15 Å². The first kappa shape index (κ1) is 16.0. The zero-order valence-electron chi connectivity index (χ0n) is 11.2. The Hall–Kier alpha value is -2.35. The second-order valence-electron chi connectivity index (χ2n) is 4.18. The van der Waals surface area contributed by atoms with Crippen LogP contribution in [0.25, 0.3) is 0 Å². The van der Waals surface area contributed by atoms with Crippen LogP contribution in [0.1, 0.15) is 15.9 Å². The minimum absolute atomic E-state index is 0.103. The quantitative estimate of drug-likeness (QED) is 0.848. The van der Waals surface area contributed by atoms with Gasteiger partial charge in [0.15, 0.2) is 0 Å². The Morgan fingerprint density at radius 2 is 2.00 bits per heavy atom. The Balaban J connectivity index is 2.48. The Bertz CT molecular complexity index is 706. The third kappa shape index (κ3) is 3.45. The summed E-state index contributed by atoms with van der Waals surface area (Å²) < 4.78 is 39.0. The molecule has 0 aromatic carbocycles. The molecule has 0 bridgehead atoms. The lowest BCUT2D eigenvalue weighted by Crippen LogP contribution is -2.19. The maximum Gasteiger partial charge on any atom is 0.419 e. The Kier molecular flexibility index (Phi) is 4.51. The molecular weight excluding hydrogens is 321 g/mol. The zero-order valence-corrected chi connectivity index (χ0v) is 12.0. The standard InChI is InChI=1S/C13H10ClF3N4O/c1-18-12(22)7-5-19-3-2-9(7)21-10-4-11(14)20-6-8(10)13(15,16)17/h2-6H,1H3,(H,18,22)(H,19,20,21). The molecule has 0 aliphatic heterocycles. The van der Waals surface area contributed by atoms with Gasteiger partial charge in [-0.3, -0.25) is 9.78 Å². The van der Waals surface area contributed by atoms with Gasteiger partial charge in [-0.15, -0.1) is 0 Å². The number of carbonyl (C=O) groups excluding carboxylic acids is 1. The van der Waals surface area contributed by atoms with Crippen molar-refractivity contribution in [2.75, 3.05) is 12.4 Å². The number of amides is 1. The maximum absolute atomic E-state index is 13.0. The zero-order chi connectivity index (χ0) is 16.3. The molecule has 5 nitrogen and oxygen atoms in total. The maximum atomic E-state index is 13.0. The highest BCUT2D eigenvalue weighted by molar-refractivity contribution is 6.29. The van der Waals surface area contributed by atoms with Crippen LogP contribution in [0.5, 0.6) is 0 Å². The van der Waals surface area contributed by atoms with Crippen molar-refractivity contribution >= 4 is 28.9 Å². The lowest BCUT2D eigenvalue weighted by molar-refractivity contribution is -0.137. The molecule has 2 aromatic heterocycles. The first-order valence-electron chi connectivity index (χ1n) is 5.98. The summed E-state index contributed by atoms with van der Waals surface area (Å²) in [5.74, 6) is -0.482. The van der Waals surface area contributed by atoms with E-state index < -0.39 is 17.6 Å². The van der Waals surface area contributed by atoms with Gasteiger partial charge < -0.3 is 10.6 Å². The van der Waals surface area contributed by atoms with E-state index in [9.17, 15) is 18.0 Å². The van der Waals surface area contributed by atoms with Gasteiger partial charge in [0, 0.05) is 25.6 Å². The normalized spacial score (nSPS) is 11.1. The predicted molar refractivity (Wildman–Crippen MR) is 75.2 cm³/mol. The van der Waals surface area contributed by atoms with Crippen molar-refractivity contribution in [3.05, 3.63) is 47.0 Å². The van der Waals surface area contributed by atoms with Crippen molar-refractivity contribution in [1.82, 2.24) is 15.3 Å². The largest absolute Gasteiger partial charge is 0.419 e. The summed E-state index contributed by atoms with van der Waals surface area (Å²) in [5.41, 5.74) is -1.02. The molecule has 2 N–H and O–H groups in total. The van der Waals surface area contributed by atoms with E-state index in [0.717, 1.165) is 6.07 Å². The lowest BCUT2D eigenvalue weighted by atomic mass is 10.2. The Morgan fingerprint density at radius 1 is 1.27 bits per heavy atom. The molecule has 2 heterocycles. The van der Waals surface area contributed by atoms with Crippen LogP contribution in [0.3, 0.4) is 0 Å². The van der Waals surface area contributed by atoms with Gasteiger partial charge in [-0.05, 0) is 12.1 Å². The van der Waals surface area contributed by atoms with E-state index in [0.29, 0.717) is 6.20 Å². The number of aromatic nitrogens is 2. The molecule has 0 unspecified atom stereocenters. The number of rotatable bonds is 3. The van der Waals surface area contributed by atoms with Crippen LogP contribution in [0.15, 0.2) is 30.7 Å². The fourth-order valence-corrected chi connectivity index (χ4v) is 1.88. The third-order valence-corrected chi connectivity index (χ3v) is 2.94. The number of alkyl halides is 3. The number of halogens is 4. The van der Waals surface area contributed by atoms with Crippen LogP contribution in [0.4, 0.5) is 24.5 Å². The number of pyridine rings is 2. The molecule has 0 radical (unpaired) electrons. The molecule has 0 aliphatic carbocycles. The molecule has 1 amide bonds. The van der Waals surface area contributed by atoms with Gasteiger partial charge >= 0.3 is 6.18 Å². The number of anilines is 2. The van der Waals surface area contributed by atoms with E-state index in [-0.39, 0.29) is 22.1 Å². The summed E-state index contributed by atoms with van der Waals surface area (Å²) in [5, 5.41) is 4.84. The van der Waals surface area contributed by atoms with Gasteiger partial charge in [-0.1, -0.05) is 11.6 Å². The lowest BCUT2D eigenvalue weighted by Gasteiger charge is -2.16. The van der Waals surface area contributed by atoms with Crippen molar-refractivity contribution in [3.63, 3.8) is 0 Å². The fraction of sp³-hybridized carbons (Fsp3) is 0.154. The molecule has 0 saturated carbocycles. The highest BCUT2D eigenvalue weighted by Gasteiger charge is 2.34. The molecule has 2 aromatic rings. The van der Waals surface area contributed by atoms with Crippen LogP contribution >= 0.6 is 11.6 Å². The molecule has 116 valence electrons. The molecule has 0 fully saturated rings. The van der Waals surface area contributed by atoms with E-state index in [4.69, 9.17) is 11.6 Å². The van der Waals surface area contributed by atoms with Crippen molar-refractivity contribution in [2.24, 2.45) is 0 Å². The summed E-state index contributed by atoms with van der Waals surface area (Å²) in [7, 11) is 1.41. The summed E-state index contributed by atoms with van der Waals surface area (Å²) in [6.45, 7) is 0. The van der Waals surface area contributed by atoms with Crippen LogP contribution in [-0.4, -0.2) is 22.9 Å². The number of hydrogen-bond acceptors (Lipinski definition) is 4. The summed E-state index contributed by atoms with van der Waals surface area (Å²) >= 11 is 5.65. The van der Waals surface area contributed by atoms with E-state index in [1.165, 1.54) is 25.5 Å². The van der Waals surface area contributed by atoms with Crippen molar-refractivity contribution < 1.29 is 18.0 Å². The monoisotopic (exact) mass is 330 g/mol. The summed E-state index contributed by atoms with van der Waals surface area (Å²) in [6.07, 6.45) is -1.38. The summed E-state index contributed by atoms with van der Waals surface area (Å²) in [4.78, 5) is 18.9. The fourth-order valence-electron chi connectivity index (χ4n) is 1.72. The van der Waals surface area contributed by atoms with Gasteiger partial charge in [0.2, 0.25) is 0 Å². The summed E-state index contributed by atoms with van der Waals surface area (Å²) in [6, 6.07) is 2.43. The average Bonchev–Trinajstić information content (AvgIpc) is 2.46. The number of nitrogens with one attached hydrogen (secondary N) is 2. The van der Waals surface area contributed by atoms with E-state index in [2.05, 4.69) is 20.6 Å². The number of hydrogen-bond donors (Lipinski definition) is 2. The van der Waals surface area contributed by atoms with Crippen LogP contribution in [-0.2, 0) is 6.18 Å². The molecule has 9 heteroatoms. The SMILES string of the molecule is CNC(=O)c1cnccc1Nc1cc(Cl)ncc1C(F)(F)F. The third-order valence-electron chi connectivity index (χ3n) is 2.74. The predicted octanol–water partition coefficient (Wildman–Crippen LogP) is 3.25. The highest BCUT2D eigenvalue weighted by atomic mass is 35.5. The van der Waals surface area contributed by atoms with Gasteiger partial charge in [-0.25, -0.2) is 4.98 Å². The molecule has 22 heavy (non-hydrogen) atoms. The Labute approximate surface area is 128 Å². The minimum Gasteiger partial charge on any atom is -0.355 e. The van der Waals surface area contributed by atoms with E-state index >= 15 is 0 Å². The average molecular weight is 331 g/mol. The van der Waals surface area contributed by atoms with Crippen molar-refractivity contribution in [2.45, 2.75) is 6.18 Å². The highest BCUT2D eigenvalue weighted by Crippen LogP contribution is 2.36. The number of carbonyl (C=O) groups is 1. The number of nitrogens with zero attached hydrogens (tertiary/aromatic N) is 2. The van der Waals surface area contributed by atoms with Gasteiger partial charge in [0.1, 0.15) is 5.15 Å². The van der Waals surface area contributed by atoms with E-state index in [1.807, 2.05) is 0 Å². The van der Waals surface area contributed by atoms with Crippen molar-refractivity contribution in [3.8, 4) is 0 Å². The molecule has 0 aliphatic rings. The second-order valence-corrected chi connectivity index (χ2v) is 4.56. The minimum atomic E-state index is -4.61. The Morgan fingerprint density at radius 3 is 2.64 bits per heavy atom. The molecule has 0 spiro atoms. The first-order valence-corrected chi connectivity index (χ1v) is 6.36. The molecule has 0 saturated heterocycles. The van der Waals surface area contributed by atoms with Gasteiger partial charge in [0.25, 0.3) is 5.91 Å². The molecular formula is C13H10ClF3N4O. The van der Waals surface area contributed by atoms with Crippen LogP contribution in [0, 0.1) is 0 Å². The smallest absolute Gasteiger partial charge is 0.355 e. The van der Waals surface area contributed by atoms with Crippen LogP contribution < -0.4 is 10.6 Å².